The molecule has 0 amide bonds. The van der Waals surface area contributed by atoms with E-state index in [0.717, 1.165) is 29.9 Å². The summed E-state index contributed by atoms with van der Waals surface area (Å²) in [7, 11) is 0. The third-order valence-electron chi connectivity index (χ3n) is 6.50. The largest absolute Gasteiger partial charge is 0.299 e. The molecule has 1 aromatic heterocycles. The quantitative estimate of drug-likeness (QED) is 0.154. The predicted octanol–water partition coefficient (Wildman–Crippen LogP) is 9.21. The van der Waals surface area contributed by atoms with Crippen molar-refractivity contribution in [3.63, 3.8) is 0 Å². The van der Waals surface area contributed by atoms with E-state index in [4.69, 9.17) is 0 Å². The van der Waals surface area contributed by atoms with E-state index in [1.807, 2.05) is 60.7 Å². The second-order valence-electron chi connectivity index (χ2n) is 9.44. The Hall–Kier alpha value is -2.95. The van der Waals surface area contributed by atoms with Gasteiger partial charge in [-0.2, -0.15) is 5.11 Å². The minimum absolute atomic E-state index is 0.152. The number of unbranched alkanes of at least 4 members (excludes halogenated alkanes) is 12. The van der Waals surface area contributed by atoms with Crippen molar-refractivity contribution in [3.8, 4) is 5.69 Å². The van der Waals surface area contributed by atoms with Crippen LogP contribution >= 0.6 is 0 Å². The van der Waals surface area contributed by atoms with E-state index in [2.05, 4.69) is 22.3 Å². The summed E-state index contributed by atoms with van der Waals surface area (Å²) in [5, 5.41) is 12.0. The normalized spacial score (nSPS) is 11.5. The van der Waals surface area contributed by atoms with Gasteiger partial charge in [0.15, 0.2) is 5.69 Å². The van der Waals surface area contributed by atoms with Crippen molar-refractivity contribution in [2.45, 2.75) is 96.8 Å². The van der Waals surface area contributed by atoms with Crippen molar-refractivity contribution in [1.29, 1.82) is 0 Å². The van der Waals surface area contributed by atoms with E-state index in [9.17, 15) is 4.79 Å². The molecule has 5 nitrogen and oxygen atoms in total. The SMILES string of the molecule is CCCCCCCCCCCCCCCc1[nH]n(-c2ccccc2)c(=O)c1N=Nc1ccccc1. The van der Waals surface area contributed by atoms with Gasteiger partial charge in [0.2, 0.25) is 0 Å². The van der Waals surface area contributed by atoms with Gasteiger partial charge in [-0.15, -0.1) is 5.11 Å². The number of hydrogen-bond acceptors (Lipinski definition) is 3. The van der Waals surface area contributed by atoms with Crippen LogP contribution in [0, 0.1) is 0 Å². The van der Waals surface area contributed by atoms with E-state index in [0.29, 0.717) is 5.69 Å². The summed E-state index contributed by atoms with van der Waals surface area (Å²) in [6.45, 7) is 2.27. The molecule has 1 heterocycles. The van der Waals surface area contributed by atoms with E-state index in [1.165, 1.54) is 77.0 Å². The number of aromatic amines is 1. The Morgan fingerprint density at radius 1 is 0.657 bits per heavy atom. The Morgan fingerprint density at radius 2 is 1.17 bits per heavy atom. The van der Waals surface area contributed by atoms with Crippen LogP contribution in [-0.4, -0.2) is 9.78 Å². The fraction of sp³-hybridized carbons (Fsp3) is 0.500. The van der Waals surface area contributed by atoms with Gasteiger partial charge in [0.1, 0.15) is 0 Å². The average Bonchev–Trinajstić information content (AvgIpc) is 3.21. The standard InChI is InChI=1S/C30H42N4O/c1-2-3-4-5-6-7-8-9-10-11-12-13-20-25-28-29(32-31-26-21-16-14-17-22-26)30(35)34(33-28)27-23-18-15-19-24-27/h14-19,21-24,33H,2-13,20,25H2,1H3. The number of azo groups is 1. The smallest absolute Gasteiger partial charge is 0.293 e. The molecule has 5 heteroatoms. The monoisotopic (exact) mass is 474 g/mol. The number of aryl methyl sites for hydroxylation is 1. The van der Waals surface area contributed by atoms with Crippen molar-refractivity contribution < 1.29 is 0 Å². The zero-order valence-corrected chi connectivity index (χ0v) is 21.4. The van der Waals surface area contributed by atoms with Crippen LogP contribution in [0.25, 0.3) is 5.69 Å². The van der Waals surface area contributed by atoms with Gasteiger partial charge in [-0.1, -0.05) is 120 Å². The molecule has 0 aliphatic heterocycles. The Balaban J connectivity index is 1.47. The van der Waals surface area contributed by atoms with Crippen molar-refractivity contribution in [2.24, 2.45) is 10.2 Å². The first-order valence-corrected chi connectivity index (χ1v) is 13.7. The zero-order valence-electron chi connectivity index (χ0n) is 21.4. The lowest BCUT2D eigenvalue weighted by Crippen LogP contribution is -2.13. The van der Waals surface area contributed by atoms with E-state index < -0.39 is 0 Å². The maximum absolute atomic E-state index is 13.1. The summed E-state index contributed by atoms with van der Waals surface area (Å²) < 4.78 is 1.58. The fourth-order valence-corrected chi connectivity index (χ4v) is 4.43. The number of nitrogens with zero attached hydrogens (tertiary/aromatic N) is 3. The lowest BCUT2D eigenvalue weighted by atomic mass is 10.0. The first kappa shape index (κ1) is 26.7. The molecule has 3 aromatic rings. The minimum Gasteiger partial charge on any atom is -0.293 e. The Bertz CT molecular complexity index is 1040. The summed E-state index contributed by atoms with van der Waals surface area (Å²) in [5.41, 5.74) is 2.68. The Kier molecular flexibility index (Phi) is 12.1. The van der Waals surface area contributed by atoms with Crippen molar-refractivity contribution >= 4 is 11.4 Å². The van der Waals surface area contributed by atoms with Crippen LogP contribution in [0.15, 0.2) is 75.7 Å². The van der Waals surface area contributed by atoms with Gasteiger partial charge in [-0.3, -0.25) is 9.89 Å². The Labute approximate surface area is 210 Å². The molecule has 0 saturated carbocycles. The molecule has 35 heavy (non-hydrogen) atoms. The van der Waals surface area contributed by atoms with Crippen LogP contribution in [0.2, 0.25) is 0 Å². The van der Waals surface area contributed by atoms with Gasteiger partial charge >= 0.3 is 0 Å². The molecule has 0 saturated heterocycles. The molecule has 0 aliphatic carbocycles. The van der Waals surface area contributed by atoms with Crippen LogP contribution in [-0.2, 0) is 6.42 Å². The van der Waals surface area contributed by atoms with E-state index in [-0.39, 0.29) is 5.56 Å². The number of benzene rings is 2. The second kappa shape index (κ2) is 15.9. The lowest BCUT2D eigenvalue weighted by molar-refractivity contribution is 0.538. The summed E-state index contributed by atoms with van der Waals surface area (Å²) >= 11 is 0. The number of hydrogen-bond donors (Lipinski definition) is 1. The fourth-order valence-electron chi connectivity index (χ4n) is 4.43. The van der Waals surface area contributed by atoms with Crippen LogP contribution in [0.4, 0.5) is 11.4 Å². The molecule has 0 atom stereocenters. The van der Waals surface area contributed by atoms with Gasteiger partial charge in [0, 0.05) is 0 Å². The molecule has 0 aliphatic rings. The average molecular weight is 475 g/mol. The molecule has 0 fully saturated rings. The van der Waals surface area contributed by atoms with Crippen molar-refractivity contribution in [3.05, 3.63) is 76.7 Å². The summed E-state index contributed by atoms with van der Waals surface area (Å²) in [6.07, 6.45) is 18.0. The highest BCUT2D eigenvalue weighted by molar-refractivity contribution is 5.45. The molecule has 0 radical (unpaired) electrons. The summed E-state index contributed by atoms with van der Waals surface area (Å²) in [5.74, 6) is 0. The first-order valence-electron chi connectivity index (χ1n) is 13.7. The zero-order chi connectivity index (χ0) is 24.6. The van der Waals surface area contributed by atoms with E-state index >= 15 is 0 Å². The molecular weight excluding hydrogens is 432 g/mol. The predicted molar refractivity (Wildman–Crippen MR) is 146 cm³/mol. The van der Waals surface area contributed by atoms with Crippen LogP contribution in [0.1, 0.15) is 96.1 Å². The van der Waals surface area contributed by atoms with Gasteiger partial charge in [-0.05, 0) is 37.1 Å². The minimum atomic E-state index is -0.152. The number of H-pyrrole nitrogens is 1. The highest BCUT2D eigenvalue weighted by Gasteiger charge is 2.15. The topological polar surface area (TPSA) is 62.5 Å². The molecule has 0 spiro atoms. The van der Waals surface area contributed by atoms with Crippen molar-refractivity contribution in [2.75, 3.05) is 0 Å². The lowest BCUT2D eigenvalue weighted by Gasteiger charge is -2.03. The summed E-state index contributed by atoms with van der Waals surface area (Å²) in [6, 6.07) is 19.2. The van der Waals surface area contributed by atoms with Crippen LogP contribution < -0.4 is 5.56 Å². The van der Waals surface area contributed by atoms with Gasteiger partial charge in [-0.25, -0.2) is 4.68 Å². The molecular formula is C30H42N4O. The third-order valence-corrected chi connectivity index (χ3v) is 6.50. The number of nitrogens with one attached hydrogen (secondary N) is 1. The van der Waals surface area contributed by atoms with Gasteiger partial charge in [0.25, 0.3) is 5.56 Å². The van der Waals surface area contributed by atoms with Gasteiger partial charge < -0.3 is 0 Å². The third kappa shape index (κ3) is 9.31. The maximum Gasteiger partial charge on any atom is 0.299 e. The second-order valence-corrected chi connectivity index (χ2v) is 9.44. The molecule has 0 unspecified atom stereocenters. The Morgan fingerprint density at radius 3 is 1.74 bits per heavy atom. The van der Waals surface area contributed by atoms with Crippen LogP contribution in [0.3, 0.4) is 0 Å². The number of para-hydroxylation sites is 1. The maximum atomic E-state index is 13.1. The van der Waals surface area contributed by atoms with E-state index in [1.54, 1.807) is 4.68 Å². The highest BCUT2D eigenvalue weighted by Crippen LogP contribution is 2.21. The number of rotatable bonds is 17. The van der Waals surface area contributed by atoms with Gasteiger partial charge in [0.05, 0.1) is 17.1 Å². The molecule has 1 N–H and O–H groups in total. The van der Waals surface area contributed by atoms with Crippen molar-refractivity contribution in [1.82, 2.24) is 9.78 Å². The first-order chi connectivity index (χ1) is 17.3. The molecule has 3 rings (SSSR count). The summed E-state index contributed by atoms with van der Waals surface area (Å²) in [4.78, 5) is 13.1. The number of aromatic nitrogens is 2. The molecule has 188 valence electrons. The highest BCUT2D eigenvalue weighted by atomic mass is 16.1. The molecule has 2 aromatic carbocycles. The molecule has 0 bridgehead atoms. The van der Waals surface area contributed by atoms with Crippen LogP contribution in [0.5, 0.6) is 0 Å².